The first kappa shape index (κ1) is 29.8. The van der Waals surface area contributed by atoms with Crippen LogP contribution in [-0.4, -0.2) is 98.6 Å². The number of hydrogen-bond acceptors (Lipinski definition) is 7. The SMILES string of the molecule is CNC(=O)C(C(=O)CO)N(C)C(=O)c1ccc(-c2ccc(OCCCN3CCN(c4ccccc4)CC3)cc2)cc1. The summed E-state index contributed by atoms with van der Waals surface area (Å²) in [6.45, 7) is 5.02. The van der Waals surface area contributed by atoms with Gasteiger partial charge in [0.15, 0.2) is 11.8 Å². The zero-order valence-electron chi connectivity index (χ0n) is 23.7. The Labute approximate surface area is 241 Å². The van der Waals surface area contributed by atoms with Crippen LogP contribution in [0.3, 0.4) is 0 Å². The minimum atomic E-state index is -1.39. The van der Waals surface area contributed by atoms with Crippen LogP contribution in [0.4, 0.5) is 5.69 Å². The minimum Gasteiger partial charge on any atom is -0.494 e. The number of nitrogens with one attached hydrogen (secondary N) is 1. The molecule has 2 amide bonds. The second kappa shape index (κ2) is 14.4. The normalized spacial score (nSPS) is 14.3. The van der Waals surface area contributed by atoms with Gasteiger partial charge in [-0.1, -0.05) is 42.5 Å². The van der Waals surface area contributed by atoms with Crippen LogP contribution < -0.4 is 15.0 Å². The van der Waals surface area contributed by atoms with Crippen LogP contribution in [0.5, 0.6) is 5.75 Å². The molecule has 4 rings (SSSR count). The van der Waals surface area contributed by atoms with E-state index in [1.54, 1.807) is 12.1 Å². The van der Waals surface area contributed by atoms with Gasteiger partial charge >= 0.3 is 0 Å². The Morgan fingerprint density at radius 2 is 1.51 bits per heavy atom. The molecule has 1 heterocycles. The molecule has 2 N–H and O–H groups in total. The topological polar surface area (TPSA) is 102 Å². The zero-order chi connectivity index (χ0) is 29.2. The first-order chi connectivity index (χ1) is 19.9. The highest BCUT2D eigenvalue weighted by molar-refractivity contribution is 6.10. The molecule has 0 aromatic heterocycles. The van der Waals surface area contributed by atoms with Gasteiger partial charge in [-0.05, 0) is 53.9 Å². The number of benzene rings is 3. The van der Waals surface area contributed by atoms with E-state index in [1.165, 1.54) is 19.8 Å². The van der Waals surface area contributed by atoms with Crippen LogP contribution in [0.1, 0.15) is 16.8 Å². The Balaban J connectivity index is 1.23. The standard InChI is InChI=1S/C32H38N4O5/c1-33-31(39)30(29(38)23-37)34(2)32(40)26-11-9-24(10-12-26)25-13-15-28(16-14-25)41-22-6-17-35-18-20-36(21-19-35)27-7-4-3-5-8-27/h3-5,7-16,30,37H,6,17-23H2,1-2H3,(H,33,39). The third-order valence-electron chi connectivity index (χ3n) is 7.36. The summed E-state index contributed by atoms with van der Waals surface area (Å²) in [5.74, 6) is -1.08. The summed E-state index contributed by atoms with van der Waals surface area (Å²) in [6, 6.07) is 23.9. The number of rotatable bonds is 12. The number of Topliss-reactive ketones (excluding diaryl/α,β-unsaturated/α-hetero) is 1. The number of likely N-dealkylation sites (N-methyl/N-ethyl adjacent to an activating group) is 2. The van der Waals surface area contributed by atoms with Gasteiger partial charge in [0, 0.05) is 58.1 Å². The summed E-state index contributed by atoms with van der Waals surface area (Å²) < 4.78 is 5.97. The smallest absolute Gasteiger partial charge is 0.254 e. The van der Waals surface area contributed by atoms with Crippen molar-refractivity contribution in [3.63, 3.8) is 0 Å². The molecular weight excluding hydrogens is 520 g/mol. The van der Waals surface area contributed by atoms with Gasteiger partial charge in [0.25, 0.3) is 5.91 Å². The molecule has 0 aliphatic carbocycles. The second-order valence-electron chi connectivity index (χ2n) is 10.0. The maximum Gasteiger partial charge on any atom is 0.254 e. The summed E-state index contributed by atoms with van der Waals surface area (Å²) in [7, 11) is 2.74. The van der Waals surface area contributed by atoms with E-state index >= 15 is 0 Å². The van der Waals surface area contributed by atoms with E-state index in [-0.39, 0.29) is 0 Å². The van der Waals surface area contributed by atoms with Crippen LogP contribution in [0, 0.1) is 0 Å². The van der Waals surface area contributed by atoms with Gasteiger partial charge in [0.2, 0.25) is 5.91 Å². The van der Waals surface area contributed by atoms with Crippen molar-refractivity contribution in [2.24, 2.45) is 0 Å². The van der Waals surface area contributed by atoms with E-state index < -0.39 is 30.2 Å². The summed E-state index contributed by atoms with van der Waals surface area (Å²) >= 11 is 0. The lowest BCUT2D eigenvalue weighted by Gasteiger charge is -2.36. The number of carbonyl (C=O) groups is 3. The molecule has 0 spiro atoms. The van der Waals surface area contributed by atoms with Crippen LogP contribution in [-0.2, 0) is 9.59 Å². The molecule has 0 radical (unpaired) electrons. The number of aliphatic hydroxyl groups excluding tert-OH is 1. The average Bonchev–Trinajstić information content (AvgIpc) is 3.03. The zero-order valence-corrected chi connectivity index (χ0v) is 23.7. The number of para-hydroxylation sites is 1. The maximum absolute atomic E-state index is 12.9. The van der Waals surface area contributed by atoms with Crippen molar-refractivity contribution in [2.75, 3.05) is 64.9 Å². The number of aliphatic hydroxyl groups is 1. The van der Waals surface area contributed by atoms with Gasteiger partial charge < -0.3 is 25.0 Å². The van der Waals surface area contributed by atoms with Crippen molar-refractivity contribution in [1.82, 2.24) is 15.1 Å². The summed E-state index contributed by atoms with van der Waals surface area (Å²) in [4.78, 5) is 43.0. The molecule has 1 saturated heterocycles. The summed E-state index contributed by atoms with van der Waals surface area (Å²) in [6.07, 6.45) is 0.960. The van der Waals surface area contributed by atoms with Crippen LogP contribution in [0.15, 0.2) is 78.9 Å². The lowest BCUT2D eigenvalue weighted by Crippen LogP contribution is -2.52. The fraction of sp³-hybridized carbons (Fsp3) is 0.344. The number of ketones is 1. The van der Waals surface area contributed by atoms with Crippen molar-refractivity contribution in [3.05, 3.63) is 84.4 Å². The Kier molecular flexibility index (Phi) is 10.5. The Bertz CT molecular complexity index is 1270. The highest BCUT2D eigenvalue weighted by atomic mass is 16.5. The van der Waals surface area contributed by atoms with Crippen molar-refractivity contribution < 1.29 is 24.2 Å². The average molecular weight is 559 g/mol. The van der Waals surface area contributed by atoms with E-state index in [0.29, 0.717) is 12.2 Å². The third-order valence-corrected chi connectivity index (χ3v) is 7.36. The molecule has 216 valence electrons. The van der Waals surface area contributed by atoms with E-state index in [4.69, 9.17) is 4.74 Å². The molecule has 1 aliphatic rings. The number of carbonyl (C=O) groups excluding carboxylic acids is 3. The fourth-order valence-electron chi connectivity index (χ4n) is 4.98. The van der Waals surface area contributed by atoms with Crippen LogP contribution in [0.2, 0.25) is 0 Å². The van der Waals surface area contributed by atoms with E-state index in [9.17, 15) is 19.5 Å². The molecular formula is C32H38N4O5. The summed E-state index contributed by atoms with van der Waals surface area (Å²) in [5, 5.41) is 11.6. The van der Waals surface area contributed by atoms with Gasteiger partial charge in [-0.2, -0.15) is 0 Å². The van der Waals surface area contributed by atoms with Crippen molar-refractivity contribution in [1.29, 1.82) is 0 Å². The van der Waals surface area contributed by atoms with Crippen LogP contribution in [0.25, 0.3) is 11.1 Å². The molecule has 3 aromatic carbocycles. The van der Waals surface area contributed by atoms with Gasteiger partial charge in [0.05, 0.1) is 6.61 Å². The molecule has 9 nitrogen and oxygen atoms in total. The summed E-state index contributed by atoms with van der Waals surface area (Å²) in [5.41, 5.74) is 3.51. The predicted octanol–water partition coefficient (Wildman–Crippen LogP) is 2.69. The van der Waals surface area contributed by atoms with Crippen molar-refractivity contribution >= 4 is 23.3 Å². The molecule has 0 saturated carbocycles. The van der Waals surface area contributed by atoms with Gasteiger partial charge in [-0.3, -0.25) is 19.3 Å². The van der Waals surface area contributed by atoms with Gasteiger partial charge in [-0.15, -0.1) is 0 Å². The van der Waals surface area contributed by atoms with E-state index in [2.05, 4.69) is 45.4 Å². The lowest BCUT2D eigenvalue weighted by molar-refractivity contribution is -0.135. The first-order valence-electron chi connectivity index (χ1n) is 13.9. The molecule has 0 bridgehead atoms. The molecule has 9 heteroatoms. The number of ether oxygens (including phenoxy) is 1. The Morgan fingerprint density at radius 1 is 0.902 bits per heavy atom. The quantitative estimate of drug-likeness (QED) is 0.260. The molecule has 41 heavy (non-hydrogen) atoms. The molecule has 1 fully saturated rings. The highest BCUT2D eigenvalue weighted by Crippen LogP contribution is 2.24. The Hall–Kier alpha value is -4.21. The highest BCUT2D eigenvalue weighted by Gasteiger charge is 2.32. The monoisotopic (exact) mass is 558 g/mol. The molecule has 1 unspecified atom stereocenters. The molecule has 1 atom stereocenters. The fourth-order valence-corrected chi connectivity index (χ4v) is 4.98. The minimum absolute atomic E-state index is 0.331. The molecule has 1 aliphatic heterocycles. The van der Waals surface area contributed by atoms with Crippen LogP contribution >= 0.6 is 0 Å². The first-order valence-corrected chi connectivity index (χ1v) is 13.9. The third kappa shape index (κ3) is 7.71. The van der Waals surface area contributed by atoms with Gasteiger partial charge in [0.1, 0.15) is 12.4 Å². The number of anilines is 1. The van der Waals surface area contributed by atoms with Gasteiger partial charge in [-0.25, -0.2) is 0 Å². The largest absolute Gasteiger partial charge is 0.494 e. The predicted molar refractivity (Wildman–Crippen MR) is 159 cm³/mol. The van der Waals surface area contributed by atoms with Crippen molar-refractivity contribution in [2.45, 2.75) is 12.5 Å². The molecule has 3 aromatic rings. The Morgan fingerprint density at radius 3 is 2.10 bits per heavy atom. The lowest BCUT2D eigenvalue weighted by atomic mass is 10.0. The van der Waals surface area contributed by atoms with Crippen molar-refractivity contribution in [3.8, 4) is 16.9 Å². The maximum atomic E-state index is 12.9. The number of hydrogen-bond donors (Lipinski definition) is 2. The second-order valence-corrected chi connectivity index (χ2v) is 10.0. The van der Waals surface area contributed by atoms with E-state index in [1.807, 2.05) is 36.4 Å². The number of amides is 2. The number of piperazine rings is 1. The van der Waals surface area contributed by atoms with E-state index in [0.717, 1.165) is 60.9 Å². The number of nitrogens with zero attached hydrogens (tertiary/aromatic N) is 3.